The van der Waals surface area contributed by atoms with E-state index in [1.165, 1.54) is 26.2 Å². The average Bonchev–Trinajstić information content (AvgIpc) is 3.57. The molecule has 0 saturated heterocycles. The van der Waals surface area contributed by atoms with Gasteiger partial charge < -0.3 is 0 Å². The van der Waals surface area contributed by atoms with Crippen molar-refractivity contribution >= 4 is 39.5 Å². The molecule has 1 aliphatic carbocycles. The maximum atomic E-state index is 14.0. The Labute approximate surface area is 222 Å². The molecule has 3 aromatic heterocycles. The minimum atomic E-state index is -0.0972. The van der Waals surface area contributed by atoms with Crippen LogP contribution in [0, 0.1) is 13.8 Å². The quantitative estimate of drug-likeness (QED) is 0.219. The third-order valence-corrected chi connectivity index (χ3v) is 8.88. The molecule has 186 valence electrons. The van der Waals surface area contributed by atoms with Crippen molar-refractivity contribution in [1.29, 1.82) is 0 Å². The Morgan fingerprint density at radius 3 is 2.86 bits per heavy atom. The monoisotopic (exact) mass is 526 g/mol. The minimum absolute atomic E-state index is 0.0972. The Bertz CT molecular complexity index is 1680. The molecule has 0 saturated carbocycles. The van der Waals surface area contributed by atoms with Gasteiger partial charge in [0.05, 0.1) is 11.6 Å². The molecule has 0 bridgehead atoms. The summed E-state index contributed by atoms with van der Waals surface area (Å²) in [4.78, 5) is 25.3. The van der Waals surface area contributed by atoms with Gasteiger partial charge in [0, 0.05) is 16.2 Å². The number of hydrogen-bond acceptors (Lipinski definition) is 7. The van der Waals surface area contributed by atoms with Crippen molar-refractivity contribution in [2.75, 3.05) is 0 Å². The fraction of sp³-hybridized carbons (Fsp3) is 0.250. The number of thiophene rings is 1. The van der Waals surface area contributed by atoms with Gasteiger partial charge in [-0.05, 0) is 73.4 Å². The number of H-pyrrole nitrogens is 1. The lowest BCUT2D eigenvalue weighted by Crippen LogP contribution is -2.21. The van der Waals surface area contributed by atoms with E-state index in [1.807, 2.05) is 18.2 Å². The first-order valence-corrected chi connectivity index (χ1v) is 14.1. The van der Waals surface area contributed by atoms with Crippen LogP contribution in [0.4, 0.5) is 0 Å². The molecule has 1 N–H and O–H groups in total. The minimum Gasteiger partial charge on any atom is -0.267 e. The first-order valence-electron chi connectivity index (χ1n) is 12.3. The van der Waals surface area contributed by atoms with Gasteiger partial charge in [-0.25, -0.2) is 9.97 Å². The van der Waals surface area contributed by atoms with E-state index in [2.05, 4.69) is 53.3 Å². The summed E-state index contributed by atoms with van der Waals surface area (Å²) < 4.78 is 1.49. The number of thioether (sulfide) groups is 1. The molecule has 7 nitrogen and oxygen atoms in total. The number of benzene rings is 2. The Morgan fingerprint density at radius 1 is 1.14 bits per heavy atom. The lowest BCUT2D eigenvalue weighted by Gasteiger charge is -2.12. The molecular formula is C28H26N6OS2. The van der Waals surface area contributed by atoms with Crippen molar-refractivity contribution in [3.05, 3.63) is 91.8 Å². The summed E-state index contributed by atoms with van der Waals surface area (Å²) >= 11 is 3.21. The van der Waals surface area contributed by atoms with E-state index in [1.54, 1.807) is 35.6 Å². The lowest BCUT2D eigenvalue weighted by atomic mass is 9.97. The summed E-state index contributed by atoms with van der Waals surface area (Å²) in [5.41, 5.74) is 6.39. The second kappa shape index (κ2) is 10.1. The van der Waals surface area contributed by atoms with Gasteiger partial charge in [-0.1, -0.05) is 48.2 Å². The molecule has 6 rings (SSSR count). The van der Waals surface area contributed by atoms with Gasteiger partial charge in [0.1, 0.15) is 11.2 Å². The van der Waals surface area contributed by atoms with E-state index in [4.69, 9.17) is 10.1 Å². The highest BCUT2D eigenvalue weighted by molar-refractivity contribution is 7.98. The van der Waals surface area contributed by atoms with Crippen LogP contribution < -0.4 is 5.56 Å². The number of hydrogen-bond donors (Lipinski definition) is 1. The molecule has 5 aromatic rings. The normalized spacial score (nSPS) is 13.5. The van der Waals surface area contributed by atoms with Crippen molar-refractivity contribution in [2.45, 2.75) is 50.4 Å². The molecule has 2 aromatic carbocycles. The predicted molar refractivity (Wildman–Crippen MR) is 151 cm³/mol. The SMILES string of the molecule is Cc1ccc(/C=N/n2c(-c3cccc(CSc4nc[nH]n4)c3)nc3sc4c(c3c2=O)CCCC4)cc1C. The van der Waals surface area contributed by atoms with E-state index < -0.39 is 0 Å². The second-order valence-electron chi connectivity index (χ2n) is 9.30. The summed E-state index contributed by atoms with van der Waals surface area (Å²) in [5.74, 6) is 1.26. The molecule has 0 aliphatic heterocycles. The molecule has 0 unspecified atom stereocenters. The van der Waals surface area contributed by atoms with Gasteiger partial charge in [-0.15, -0.1) is 16.4 Å². The van der Waals surface area contributed by atoms with Crippen LogP contribution in [0.5, 0.6) is 0 Å². The van der Waals surface area contributed by atoms with Crippen molar-refractivity contribution in [1.82, 2.24) is 24.8 Å². The van der Waals surface area contributed by atoms with Gasteiger partial charge in [-0.3, -0.25) is 9.89 Å². The van der Waals surface area contributed by atoms with Gasteiger partial charge >= 0.3 is 0 Å². The molecule has 37 heavy (non-hydrogen) atoms. The number of aromatic nitrogens is 5. The smallest absolute Gasteiger partial charge is 0.267 e. The molecule has 0 fully saturated rings. The molecule has 0 amide bonds. The Morgan fingerprint density at radius 2 is 2.03 bits per heavy atom. The highest BCUT2D eigenvalue weighted by Crippen LogP contribution is 2.35. The zero-order valence-electron chi connectivity index (χ0n) is 20.7. The van der Waals surface area contributed by atoms with Gasteiger partial charge in [0.25, 0.3) is 5.56 Å². The third-order valence-electron chi connectivity index (χ3n) is 6.77. The maximum absolute atomic E-state index is 14.0. The first-order chi connectivity index (χ1) is 18.1. The second-order valence-corrected chi connectivity index (χ2v) is 11.3. The van der Waals surface area contributed by atoms with Crippen LogP contribution in [-0.4, -0.2) is 31.1 Å². The molecule has 1 aliphatic rings. The Hall–Kier alpha value is -3.56. The lowest BCUT2D eigenvalue weighted by molar-refractivity contribution is 0.699. The van der Waals surface area contributed by atoms with E-state index in [0.717, 1.165) is 52.6 Å². The average molecular weight is 527 g/mol. The van der Waals surface area contributed by atoms with Gasteiger partial charge in [0.15, 0.2) is 5.82 Å². The van der Waals surface area contributed by atoms with Crippen molar-refractivity contribution in [3.63, 3.8) is 0 Å². The summed E-state index contributed by atoms with van der Waals surface area (Å²) in [6.45, 7) is 4.17. The number of aryl methyl sites for hydroxylation is 4. The van der Waals surface area contributed by atoms with Crippen molar-refractivity contribution in [3.8, 4) is 11.4 Å². The van der Waals surface area contributed by atoms with Crippen LogP contribution in [0.3, 0.4) is 0 Å². The zero-order chi connectivity index (χ0) is 25.4. The van der Waals surface area contributed by atoms with E-state index in [0.29, 0.717) is 16.7 Å². The van der Waals surface area contributed by atoms with E-state index >= 15 is 0 Å². The predicted octanol–water partition coefficient (Wildman–Crippen LogP) is 5.91. The molecule has 0 radical (unpaired) electrons. The van der Waals surface area contributed by atoms with Crippen molar-refractivity contribution < 1.29 is 0 Å². The standard InChI is InChI=1S/C28H26N6OS2/c1-17-10-11-19(12-18(17)2)14-31-34-25(21-7-5-6-20(13-21)15-36-28-29-16-30-33-28)32-26-24(27(34)35)22-8-3-4-9-23(22)37-26/h5-7,10-14,16H,3-4,8-9,15H2,1-2H3,(H,29,30,33)/b31-14+. The molecule has 0 atom stereocenters. The Kier molecular flexibility index (Phi) is 6.48. The fourth-order valence-corrected chi connectivity index (χ4v) is 6.65. The number of nitrogens with one attached hydrogen (secondary N) is 1. The van der Waals surface area contributed by atoms with Crippen LogP contribution in [0.25, 0.3) is 21.6 Å². The topological polar surface area (TPSA) is 88.8 Å². The van der Waals surface area contributed by atoms with E-state index in [9.17, 15) is 4.79 Å². The summed E-state index contributed by atoms with van der Waals surface area (Å²) in [6, 6.07) is 14.3. The molecule has 9 heteroatoms. The number of nitrogens with zero attached hydrogens (tertiary/aromatic N) is 5. The van der Waals surface area contributed by atoms with Crippen LogP contribution in [0.15, 0.2) is 63.8 Å². The fourth-order valence-electron chi connectivity index (χ4n) is 4.67. The number of rotatable bonds is 6. The summed E-state index contributed by atoms with van der Waals surface area (Å²) in [6.07, 6.45) is 7.55. The first kappa shape index (κ1) is 23.8. The molecular weight excluding hydrogens is 500 g/mol. The Balaban J connectivity index is 1.47. The molecule has 0 spiro atoms. The highest BCUT2D eigenvalue weighted by Gasteiger charge is 2.22. The van der Waals surface area contributed by atoms with Gasteiger partial charge in [0.2, 0.25) is 5.16 Å². The third kappa shape index (κ3) is 4.76. The van der Waals surface area contributed by atoms with Crippen LogP contribution in [-0.2, 0) is 18.6 Å². The number of aromatic amines is 1. The summed E-state index contributed by atoms with van der Waals surface area (Å²) in [7, 11) is 0. The maximum Gasteiger partial charge on any atom is 0.283 e. The van der Waals surface area contributed by atoms with Crippen molar-refractivity contribution in [2.24, 2.45) is 5.10 Å². The van der Waals surface area contributed by atoms with Crippen LogP contribution >= 0.6 is 23.1 Å². The highest BCUT2D eigenvalue weighted by atomic mass is 32.2. The largest absolute Gasteiger partial charge is 0.283 e. The molecule has 3 heterocycles. The number of fused-ring (bicyclic) bond motifs is 3. The van der Waals surface area contributed by atoms with Gasteiger partial charge in [-0.2, -0.15) is 9.78 Å². The van der Waals surface area contributed by atoms with E-state index in [-0.39, 0.29) is 5.56 Å². The zero-order valence-corrected chi connectivity index (χ0v) is 22.3. The van der Waals surface area contributed by atoms with Crippen LogP contribution in [0.1, 0.15) is 45.5 Å². The van der Waals surface area contributed by atoms with Crippen LogP contribution in [0.2, 0.25) is 0 Å². The summed E-state index contributed by atoms with van der Waals surface area (Å²) in [5, 5.41) is 13.0.